The molecular weight excluding hydrogens is 269 g/mol. The van der Waals surface area contributed by atoms with Crippen molar-refractivity contribution < 1.29 is 0 Å². The van der Waals surface area contributed by atoms with E-state index in [1.807, 2.05) is 19.2 Å². The molecule has 0 aliphatic carbocycles. The molecular formula is C14H18GeN2. The van der Waals surface area contributed by atoms with Gasteiger partial charge in [0.25, 0.3) is 0 Å². The zero-order chi connectivity index (χ0) is 12.5. The van der Waals surface area contributed by atoms with Gasteiger partial charge in [0, 0.05) is 0 Å². The first-order valence-electron chi connectivity index (χ1n) is 5.87. The summed E-state index contributed by atoms with van der Waals surface area (Å²) in [5.41, 5.74) is 2.18. The zero-order valence-electron chi connectivity index (χ0n) is 10.9. The Balaban J connectivity index is 2.36. The van der Waals surface area contributed by atoms with Crippen molar-refractivity contribution >= 4 is 17.7 Å². The second kappa shape index (κ2) is 4.61. The summed E-state index contributed by atoms with van der Waals surface area (Å²) in [5.74, 6) is 8.04. The van der Waals surface area contributed by atoms with E-state index in [0.29, 0.717) is 0 Å². The molecule has 0 atom stereocenters. The van der Waals surface area contributed by atoms with E-state index < -0.39 is 13.3 Å². The second-order valence-electron chi connectivity index (χ2n) is 5.32. The number of nitrogens with zero attached hydrogens (tertiary/aromatic N) is 2. The molecule has 0 saturated carbocycles. The van der Waals surface area contributed by atoms with Crippen LogP contribution < -0.4 is 4.40 Å². The van der Waals surface area contributed by atoms with Crippen molar-refractivity contribution in [3.8, 4) is 11.3 Å². The first-order chi connectivity index (χ1) is 7.97. The van der Waals surface area contributed by atoms with E-state index >= 15 is 0 Å². The van der Waals surface area contributed by atoms with Crippen LogP contribution in [0, 0.1) is 6.92 Å². The zero-order valence-corrected chi connectivity index (χ0v) is 13.0. The van der Waals surface area contributed by atoms with Crippen LogP contribution in [0.5, 0.6) is 0 Å². The van der Waals surface area contributed by atoms with E-state index in [2.05, 4.69) is 51.5 Å². The summed E-state index contributed by atoms with van der Waals surface area (Å²) < 4.78 is 1.53. The van der Waals surface area contributed by atoms with E-state index in [9.17, 15) is 0 Å². The predicted octanol–water partition coefficient (Wildman–Crippen LogP) is 3.00. The molecule has 0 fully saturated rings. The summed E-state index contributed by atoms with van der Waals surface area (Å²) >= 11 is -1.69. The maximum absolute atomic E-state index is 4.44. The monoisotopic (exact) mass is 288 g/mol. The summed E-state index contributed by atoms with van der Waals surface area (Å²) in [5, 5.41) is 0. The number of benzene rings is 1. The average Bonchev–Trinajstić information content (AvgIpc) is 2.28. The Kier molecular flexibility index (Phi) is 3.34. The van der Waals surface area contributed by atoms with Crippen molar-refractivity contribution in [3.63, 3.8) is 0 Å². The van der Waals surface area contributed by atoms with Crippen molar-refractivity contribution in [2.75, 3.05) is 0 Å². The average molecular weight is 287 g/mol. The summed E-state index contributed by atoms with van der Waals surface area (Å²) in [6, 6.07) is 10.8. The minimum atomic E-state index is -1.69. The van der Waals surface area contributed by atoms with Crippen LogP contribution in [0.15, 0.2) is 36.5 Å². The quantitative estimate of drug-likeness (QED) is 0.793. The molecule has 0 unspecified atom stereocenters. The van der Waals surface area contributed by atoms with Gasteiger partial charge >= 0.3 is 105 Å². The van der Waals surface area contributed by atoms with Gasteiger partial charge < -0.3 is 0 Å². The molecule has 17 heavy (non-hydrogen) atoms. The number of aryl methyl sites for hydroxylation is 1. The summed E-state index contributed by atoms with van der Waals surface area (Å²) in [6.07, 6.45) is 1.81. The molecule has 2 aromatic rings. The first-order valence-corrected chi connectivity index (χ1v) is 13.2. The summed E-state index contributed by atoms with van der Waals surface area (Å²) in [7, 11) is 0. The normalized spacial score (nSPS) is 11.5. The second-order valence-corrected chi connectivity index (χ2v) is 16.0. The van der Waals surface area contributed by atoms with E-state index in [1.54, 1.807) is 0 Å². The van der Waals surface area contributed by atoms with Gasteiger partial charge in [0.15, 0.2) is 0 Å². The number of hydrogen-bond acceptors (Lipinski definition) is 2. The van der Waals surface area contributed by atoms with Gasteiger partial charge in [-0.15, -0.1) is 0 Å². The Labute approximate surface area is 105 Å². The van der Waals surface area contributed by atoms with Crippen LogP contribution in [0.2, 0.25) is 17.3 Å². The molecule has 1 aromatic heterocycles. The third-order valence-electron chi connectivity index (χ3n) is 2.82. The topological polar surface area (TPSA) is 25.8 Å². The molecule has 88 valence electrons. The molecule has 0 spiro atoms. The van der Waals surface area contributed by atoms with Gasteiger partial charge in [-0.05, 0) is 0 Å². The molecule has 0 saturated heterocycles. The Morgan fingerprint density at radius 1 is 0.941 bits per heavy atom. The molecule has 2 nitrogen and oxygen atoms in total. The standard InChI is InChI=1S/C14H18GeN2/c1-11-16-10-9-14(17-11)12-5-7-13(8-6-12)15(2,3)4/h5-10H,1-4H3. The van der Waals surface area contributed by atoms with Crippen LogP contribution >= 0.6 is 0 Å². The molecule has 1 heterocycles. The number of aromatic nitrogens is 2. The van der Waals surface area contributed by atoms with Gasteiger partial charge in [0.2, 0.25) is 0 Å². The van der Waals surface area contributed by atoms with E-state index in [0.717, 1.165) is 11.5 Å². The fourth-order valence-corrected chi connectivity index (χ4v) is 4.21. The number of rotatable bonds is 2. The maximum atomic E-state index is 4.44. The SMILES string of the molecule is Cc1nccc(-c2cc[c]([Ge]([CH3])([CH3])[CH3])cc2)n1. The summed E-state index contributed by atoms with van der Waals surface area (Å²) in [6.45, 7) is 1.92. The van der Waals surface area contributed by atoms with Gasteiger partial charge in [0.1, 0.15) is 0 Å². The summed E-state index contributed by atoms with van der Waals surface area (Å²) in [4.78, 5) is 8.56. The van der Waals surface area contributed by atoms with Gasteiger partial charge in [-0.3, -0.25) is 0 Å². The molecule has 2 rings (SSSR count). The van der Waals surface area contributed by atoms with Gasteiger partial charge in [-0.25, -0.2) is 0 Å². The van der Waals surface area contributed by atoms with Crippen LogP contribution in [0.3, 0.4) is 0 Å². The van der Waals surface area contributed by atoms with Crippen LogP contribution in [0.25, 0.3) is 11.3 Å². The first kappa shape index (κ1) is 12.3. The molecule has 0 amide bonds. The minimum absolute atomic E-state index is 0.819. The van der Waals surface area contributed by atoms with Crippen LogP contribution in [0.4, 0.5) is 0 Å². The van der Waals surface area contributed by atoms with E-state index in [4.69, 9.17) is 0 Å². The van der Waals surface area contributed by atoms with E-state index in [-0.39, 0.29) is 0 Å². The fraction of sp³-hybridized carbons (Fsp3) is 0.286. The molecule has 0 radical (unpaired) electrons. The molecule has 3 heteroatoms. The van der Waals surface area contributed by atoms with Gasteiger partial charge in [-0.1, -0.05) is 0 Å². The Bertz CT molecular complexity index is 512. The van der Waals surface area contributed by atoms with Crippen molar-refractivity contribution in [2.24, 2.45) is 0 Å². The Morgan fingerprint density at radius 2 is 1.59 bits per heavy atom. The van der Waals surface area contributed by atoms with Crippen molar-refractivity contribution in [1.29, 1.82) is 0 Å². The van der Waals surface area contributed by atoms with E-state index in [1.165, 1.54) is 9.96 Å². The fourth-order valence-electron chi connectivity index (χ4n) is 1.76. The van der Waals surface area contributed by atoms with Gasteiger partial charge in [0.05, 0.1) is 0 Å². The molecule has 0 N–H and O–H groups in total. The Hall–Kier alpha value is -1.16. The molecule has 0 aliphatic heterocycles. The van der Waals surface area contributed by atoms with Crippen molar-refractivity contribution in [3.05, 3.63) is 42.4 Å². The Morgan fingerprint density at radius 3 is 2.12 bits per heavy atom. The third kappa shape index (κ3) is 2.94. The van der Waals surface area contributed by atoms with Crippen molar-refractivity contribution in [1.82, 2.24) is 9.97 Å². The third-order valence-corrected chi connectivity index (χ3v) is 7.16. The van der Waals surface area contributed by atoms with Crippen LogP contribution in [-0.2, 0) is 0 Å². The predicted molar refractivity (Wildman–Crippen MR) is 75.2 cm³/mol. The van der Waals surface area contributed by atoms with Gasteiger partial charge in [-0.2, -0.15) is 0 Å². The molecule has 1 aromatic carbocycles. The van der Waals surface area contributed by atoms with Crippen LogP contribution in [-0.4, -0.2) is 23.2 Å². The molecule has 0 aliphatic rings. The number of hydrogen-bond donors (Lipinski definition) is 0. The van der Waals surface area contributed by atoms with Crippen molar-refractivity contribution in [2.45, 2.75) is 24.2 Å². The molecule has 0 bridgehead atoms. The van der Waals surface area contributed by atoms with Crippen LogP contribution in [0.1, 0.15) is 5.82 Å².